The van der Waals surface area contributed by atoms with Crippen molar-refractivity contribution < 1.29 is 9.53 Å². The van der Waals surface area contributed by atoms with E-state index in [0.29, 0.717) is 6.42 Å². The van der Waals surface area contributed by atoms with E-state index in [1.54, 1.807) is 6.92 Å². The number of nitrogens with one attached hydrogen (secondary N) is 1. The van der Waals surface area contributed by atoms with Crippen LogP contribution in [-0.2, 0) is 16.0 Å². The van der Waals surface area contributed by atoms with Crippen LogP contribution in [0.3, 0.4) is 0 Å². The summed E-state index contributed by atoms with van der Waals surface area (Å²) in [5.41, 5.74) is 2.31. The minimum absolute atomic E-state index is 0.311. The number of para-hydroxylation sites is 1. The van der Waals surface area contributed by atoms with Crippen molar-refractivity contribution in [3.63, 3.8) is 0 Å². The van der Waals surface area contributed by atoms with E-state index in [4.69, 9.17) is 10.00 Å². The van der Waals surface area contributed by atoms with Gasteiger partial charge in [-0.3, -0.25) is 4.79 Å². The van der Waals surface area contributed by atoms with Crippen molar-refractivity contribution >= 4 is 16.9 Å². The Kier molecular flexibility index (Phi) is 4.19. The lowest BCUT2D eigenvalue weighted by Gasteiger charge is -2.05. The molecular weight excluding hydrogens is 240 g/mol. The molecule has 4 heteroatoms. The molecule has 1 aromatic carbocycles. The van der Waals surface area contributed by atoms with Gasteiger partial charge in [0, 0.05) is 23.5 Å². The number of carbonyl (C=O) groups is 1. The van der Waals surface area contributed by atoms with Gasteiger partial charge in [-0.1, -0.05) is 18.2 Å². The number of aromatic amines is 1. The first-order valence-electron chi connectivity index (χ1n) is 6.35. The number of hydrogen-bond acceptors (Lipinski definition) is 3. The summed E-state index contributed by atoms with van der Waals surface area (Å²) in [5, 5.41) is 9.74. The van der Waals surface area contributed by atoms with Crippen molar-refractivity contribution in [2.75, 3.05) is 0 Å². The first kappa shape index (κ1) is 13.2. The molecule has 0 aliphatic rings. The third-order valence-corrected chi connectivity index (χ3v) is 2.99. The molecule has 1 heterocycles. The minimum Gasteiger partial charge on any atom is -0.447 e. The molecule has 2 aromatic rings. The molecule has 0 spiro atoms. The highest BCUT2D eigenvalue weighted by molar-refractivity contribution is 5.83. The third kappa shape index (κ3) is 3.35. The van der Waals surface area contributed by atoms with Crippen molar-refractivity contribution in [1.29, 1.82) is 5.26 Å². The Morgan fingerprint density at radius 1 is 1.47 bits per heavy atom. The SMILES string of the molecule is C[C@@H](C#N)OC(=O)CCCc1c[nH]c2ccccc12. The molecule has 0 unspecified atom stereocenters. The monoisotopic (exact) mass is 256 g/mol. The molecule has 0 bridgehead atoms. The van der Waals surface area contributed by atoms with E-state index in [-0.39, 0.29) is 5.97 Å². The predicted octanol–water partition coefficient (Wildman–Crippen LogP) is 2.95. The van der Waals surface area contributed by atoms with Crippen LogP contribution in [0.25, 0.3) is 10.9 Å². The van der Waals surface area contributed by atoms with E-state index >= 15 is 0 Å². The Hall–Kier alpha value is -2.28. The van der Waals surface area contributed by atoms with Crippen LogP contribution in [0.1, 0.15) is 25.3 Å². The molecule has 0 amide bonds. The summed E-state index contributed by atoms with van der Waals surface area (Å²) in [5.74, 6) is -0.311. The summed E-state index contributed by atoms with van der Waals surface area (Å²) in [6.07, 6.45) is 3.19. The van der Waals surface area contributed by atoms with Crippen LogP contribution in [0.4, 0.5) is 0 Å². The van der Waals surface area contributed by atoms with E-state index in [9.17, 15) is 4.79 Å². The molecule has 1 N–H and O–H groups in total. The predicted molar refractivity (Wildman–Crippen MR) is 72.4 cm³/mol. The first-order chi connectivity index (χ1) is 9.20. The summed E-state index contributed by atoms with van der Waals surface area (Å²) in [7, 11) is 0. The van der Waals surface area contributed by atoms with E-state index < -0.39 is 6.10 Å². The lowest BCUT2D eigenvalue weighted by Crippen LogP contribution is -2.12. The van der Waals surface area contributed by atoms with Gasteiger partial charge < -0.3 is 9.72 Å². The third-order valence-electron chi connectivity index (χ3n) is 2.99. The highest BCUT2D eigenvalue weighted by atomic mass is 16.5. The smallest absolute Gasteiger partial charge is 0.307 e. The van der Waals surface area contributed by atoms with Gasteiger partial charge in [0.2, 0.25) is 0 Å². The van der Waals surface area contributed by atoms with Crippen LogP contribution < -0.4 is 0 Å². The van der Waals surface area contributed by atoms with E-state index in [1.165, 1.54) is 10.9 Å². The first-order valence-corrected chi connectivity index (χ1v) is 6.35. The lowest BCUT2D eigenvalue weighted by atomic mass is 10.1. The van der Waals surface area contributed by atoms with Crippen LogP contribution in [0.15, 0.2) is 30.5 Å². The number of benzene rings is 1. The Balaban J connectivity index is 1.86. The van der Waals surface area contributed by atoms with E-state index in [0.717, 1.165) is 18.4 Å². The number of aromatic nitrogens is 1. The number of nitrogens with zero attached hydrogens (tertiary/aromatic N) is 1. The lowest BCUT2D eigenvalue weighted by molar-refractivity contribution is -0.145. The maximum atomic E-state index is 11.4. The Bertz CT molecular complexity index is 610. The molecule has 1 atom stereocenters. The number of carbonyl (C=O) groups excluding carboxylic acids is 1. The number of aryl methyl sites for hydroxylation is 1. The fourth-order valence-electron chi connectivity index (χ4n) is 2.04. The normalized spacial score (nSPS) is 12.0. The molecule has 4 nitrogen and oxygen atoms in total. The highest BCUT2D eigenvalue weighted by Crippen LogP contribution is 2.19. The van der Waals surface area contributed by atoms with Crippen molar-refractivity contribution in [1.82, 2.24) is 4.98 Å². The summed E-state index contributed by atoms with van der Waals surface area (Å²) in [4.78, 5) is 14.6. The van der Waals surface area contributed by atoms with E-state index in [1.807, 2.05) is 30.5 Å². The average molecular weight is 256 g/mol. The number of ether oxygens (including phenoxy) is 1. The van der Waals surface area contributed by atoms with Gasteiger partial charge >= 0.3 is 5.97 Å². The Morgan fingerprint density at radius 2 is 2.26 bits per heavy atom. The van der Waals surface area contributed by atoms with Crippen LogP contribution in [0.5, 0.6) is 0 Å². The molecule has 98 valence electrons. The molecule has 0 saturated carbocycles. The second-order valence-electron chi connectivity index (χ2n) is 4.47. The van der Waals surface area contributed by atoms with Gasteiger partial charge in [0.1, 0.15) is 6.07 Å². The summed E-state index contributed by atoms with van der Waals surface area (Å²) < 4.78 is 4.90. The summed E-state index contributed by atoms with van der Waals surface area (Å²) in [6, 6.07) is 9.96. The molecule has 0 radical (unpaired) electrons. The molecule has 19 heavy (non-hydrogen) atoms. The maximum absolute atomic E-state index is 11.4. The topological polar surface area (TPSA) is 65.9 Å². The van der Waals surface area contributed by atoms with Gasteiger partial charge in [0.05, 0.1) is 0 Å². The number of hydrogen-bond donors (Lipinski definition) is 1. The quantitative estimate of drug-likeness (QED) is 0.836. The number of rotatable bonds is 5. The fourth-order valence-corrected chi connectivity index (χ4v) is 2.04. The molecule has 0 aliphatic heterocycles. The average Bonchev–Trinajstić information content (AvgIpc) is 2.82. The molecular formula is C15H16N2O2. The number of H-pyrrole nitrogens is 1. The standard InChI is InChI=1S/C15H16N2O2/c1-11(9-16)19-15(18)8-4-5-12-10-17-14-7-3-2-6-13(12)14/h2-3,6-7,10-11,17H,4-5,8H2,1H3/t11-/m0/s1. The van der Waals surface area contributed by atoms with Gasteiger partial charge in [-0.2, -0.15) is 5.26 Å². The number of fused-ring (bicyclic) bond motifs is 1. The second-order valence-corrected chi connectivity index (χ2v) is 4.47. The van der Waals surface area contributed by atoms with Crippen molar-refractivity contribution in [2.45, 2.75) is 32.3 Å². The Labute approximate surface area is 112 Å². The number of esters is 1. The molecule has 2 rings (SSSR count). The van der Waals surface area contributed by atoms with Crippen LogP contribution >= 0.6 is 0 Å². The van der Waals surface area contributed by atoms with Crippen LogP contribution in [0, 0.1) is 11.3 Å². The fraction of sp³-hybridized carbons (Fsp3) is 0.333. The molecule has 0 saturated heterocycles. The van der Waals surface area contributed by atoms with Crippen LogP contribution in [-0.4, -0.2) is 17.1 Å². The highest BCUT2D eigenvalue weighted by Gasteiger charge is 2.09. The van der Waals surface area contributed by atoms with Gasteiger partial charge in [-0.25, -0.2) is 0 Å². The largest absolute Gasteiger partial charge is 0.447 e. The summed E-state index contributed by atoms with van der Waals surface area (Å²) in [6.45, 7) is 1.57. The Morgan fingerprint density at radius 3 is 3.05 bits per heavy atom. The van der Waals surface area contributed by atoms with Gasteiger partial charge in [0.25, 0.3) is 0 Å². The zero-order chi connectivity index (χ0) is 13.7. The zero-order valence-electron chi connectivity index (χ0n) is 10.8. The second kappa shape index (κ2) is 6.05. The zero-order valence-corrected chi connectivity index (χ0v) is 10.8. The summed E-state index contributed by atoms with van der Waals surface area (Å²) >= 11 is 0. The molecule has 0 fully saturated rings. The minimum atomic E-state index is -0.666. The van der Waals surface area contributed by atoms with Crippen molar-refractivity contribution in [3.05, 3.63) is 36.0 Å². The van der Waals surface area contributed by atoms with Gasteiger partial charge in [-0.05, 0) is 31.4 Å². The maximum Gasteiger partial charge on any atom is 0.307 e. The number of nitriles is 1. The molecule has 0 aliphatic carbocycles. The van der Waals surface area contributed by atoms with E-state index in [2.05, 4.69) is 11.1 Å². The van der Waals surface area contributed by atoms with Gasteiger partial charge in [0.15, 0.2) is 6.10 Å². The van der Waals surface area contributed by atoms with Crippen LogP contribution in [0.2, 0.25) is 0 Å². The van der Waals surface area contributed by atoms with Gasteiger partial charge in [-0.15, -0.1) is 0 Å². The van der Waals surface area contributed by atoms with Crippen molar-refractivity contribution in [3.8, 4) is 6.07 Å². The van der Waals surface area contributed by atoms with Crippen molar-refractivity contribution in [2.24, 2.45) is 0 Å². The molecule has 1 aromatic heterocycles.